The molecule has 0 saturated heterocycles. The molecule has 0 aliphatic heterocycles. The first-order chi connectivity index (χ1) is 15.5. The number of nitrogens with zero attached hydrogens (tertiary/aromatic N) is 1. The van der Waals surface area contributed by atoms with Gasteiger partial charge >= 0.3 is 6.03 Å². The molecule has 4 aromatic carbocycles. The minimum absolute atomic E-state index is 0.353. The van der Waals surface area contributed by atoms with Gasteiger partial charge in [0.2, 0.25) is 0 Å². The van der Waals surface area contributed by atoms with E-state index in [-0.39, 0.29) is 5.91 Å². The van der Waals surface area contributed by atoms with Crippen LogP contribution in [-0.2, 0) is 4.79 Å². The quantitative estimate of drug-likeness (QED) is 0.323. The lowest BCUT2D eigenvalue weighted by Crippen LogP contribution is -2.38. The number of anilines is 2. The van der Waals surface area contributed by atoms with Gasteiger partial charge in [-0.1, -0.05) is 91.7 Å². The third kappa shape index (κ3) is 4.76. The fourth-order valence-corrected chi connectivity index (χ4v) is 3.81. The largest absolute Gasteiger partial charge is 0.332 e. The van der Waals surface area contributed by atoms with Gasteiger partial charge in [0.15, 0.2) is 0 Å². The van der Waals surface area contributed by atoms with Gasteiger partial charge in [-0.2, -0.15) is 0 Å². The van der Waals surface area contributed by atoms with Gasteiger partial charge < -0.3 is 10.6 Å². The molecule has 0 saturated carbocycles. The number of benzene rings is 4. The molecule has 0 bridgehead atoms. The van der Waals surface area contributed by atoms with Crippen molar-refractivity contribution < 1.29 is 9.59 Å². The molecule has 0 fully saturated rings. The predicted molar refractivity (Wildman–Crippen MR) is 133 cm³/mol. The Hall–Kier alpha value is -3.77. The minimum Gasteiger partial charge on any atom is -0.324 e. The van der Waals surface area contributed by atoms with Crippen LogP contribution >= 0.6 is 12.8 Å². The third-order valence-electron chi connectivity index (χ3n) is 5.22. The molecule has 32 heavy (non-hydrogen) atoms. The summed E-state index contributed by atoms with van der Waals surface area (Å²) in [5.74, 6) is -0.353. The Morgan fingerprint density at radius 2 is 1.44 bits per heavy atom. The number of carbonyl (C=O) groups excluding carboxylic acids is 2. The first-order valence-corrected chi connectivity index (χ1v) is 10.6. The molecule has 0 aliphatic carbocycles. The number of para-hydroxylation sites is 1. The molecule has 1 atom stereocenters. The van der Waals surface area contributed by atoms with Gasteiger partial charge in [-0.05, 0) is 47.0 Å². The van der Waals surface area contributed by atoms with Crippen molar-refractivity contribution in [2.75, 3.05) is 10.6 Å². The van der Waals surface area contributed by atoms with Crippen molar-refractivity contribution in [3.63, 3.8) is 0 Å². The first kappa shape index (κ1) is 21.5. The number of hydrogen-bond acceptors (Lipinski definition) is 3. The lowest BCUT2D eigenvalue weighted by molar-refractivity contribution is -0.119. The first-order valence-electron chi connectivity index (χ1n) is 10.2. The van der Waals surface area contributed by atoms with Crippen LogP contribution in [0, 0.1) is 6.92 Å². The lowest BCUT2D eigenvalue weighted by Gasteiger charge is -2.27. The van der Waals surface area contributed by atoms with E-state index in [1.54, 1.807) is 12.1 Å². The average molecular weight is 442 g/mol. The topological polar surface area (TPSA) is 61.4 Å². The molecule has 160 valence electrons. The molecule has 0 aliphatic rings. The molecular weight excluding hydrogens is 418 g/mol. The number of urea groups is 1. The van der Waals surface area contributed by atoms with Crippen molar-refractivity contribution in [3.8, 4) is 0 Å². The van der Waals surface area contributed by atoms with Crippen LogP contribution < -0.4 is 10.6 Å². The van der Waals surface area contributed by atoms with Crippen molar-refractivity contribution in [1.29, 1.82) is 0 Å². The predicted octanol–water partition coefficient (Wildman–Crippen LogP) is 6.21. The van der Waals surface area contributed by atoms with Crippen molar-refractivity contribution in [2.24, 2.45) is 0 Å². The van der Waals surface area contributed by atoms with E-state index in [2.05, 4.69) is 23.4 Å². The van der Waals surface area contributed by atoms with Gasteiger partial charge in [0, 0.05) is 11.4 Å². The maximum absolute atomic E-state index is 13.3. The van der Waals surface area contributed by atoms with Crippen molar-refractivity contribution in [1.82, 2.24) is 4.31 Å². The Kier molecular flexibility index (Phi) is 6.42. The smallest absolute Gasteiger partial charge is 0.324 e. The summed E-state index contributed by atoms with van der Waals surface area (Å²) in [6, 6.07) is 28.7. The third-order valence-corrected chi connectivity index (χ3v) is 5.63. The van der Waals surface area contributed by atoms with Gasteiger partial charge in [0.1, 0.15) is 6.04 Å². The van der Waals surface area contributed by atoms with Crippen LogP contribution in [0.5, 0.6) is 0 Å². The van der Waals surface area contributed by atoms with Crippen LogP contribution in [0.4, 0.5) is 16.2 Å². The van der Waals surface area contributed by atoms with E-state index in [9.17, 15) is 9.59 Å². The van der Waals surface area contributed by atoms with Gasteiger partial charge in [0.25, 0.3) is 5.91 Å². The summed E-state index contributed by atoms with van der Waals surface area (Å²) in [5, 5.41) is 7.85. The summed E-state index contributed by atoms with van der Waals surface area (Å²) < 4.78 is 1.12. The second-order valence-corrected chi connectivity index (χ2v) is 7.88. The Morgan fingerprint density at radius 3 is 2.19 bits per heavy atom. The molecule has 4 rings (SSSR count). The second-order valence-electron chi connectivity index (χ2n) is 7.45. The number of nitrogens with one attached hydrogen (secondary N) is 2. The minimum atomic E-state index is -0.931. The van der Waals surface area contributed by atoms with Crippen LogP contribution in [-0.4, -0.2) is 16.2 Å². The molecule has 4 aromatic rings. The second kappa shape index (κ2) is 9.58. The van der Waals surface area contributed by atoms with Crippen molar-refractivity contribution in [3.05, 3.63) is 108 Å². The Bertz CT molecular complexity index is 1260. The molecule has 0 spiro atoms. The van der Waals surface area contributed by atoms with Gasteiger partial charge in [0.05, 0.1) is 0 Å². The monoisotopic (exact) mass is 441 g/mol. The van der Waals surface area contributed by atoms with E-state index in [1.165, 1.54) is 0 Å². The van der Waals surface area contributed by atoms with E-state index in [4.69, 9.17) is 0 Å². The zero-order chi connectivity index (χ0) is 22.5. The molecule has 5 nitrogen and oxygen atoms in total. The lowest BCUT2D eigenvalue weighted by atomic mass is 10.1. The molecule has 0 heterocycles. The standard InChI is InChI=1S/C26H23N3O2S/c1-18-9-5-8-14-23(18)28-25(30)24(20-11-3-2-4-12-20)29(32)26(31)27-22-16-15-19-10-6-7-13-21(19)17-22/h2-17,24,32H,1H3,(H,27,31)(H,28,30). The Labute approximate surface area is 192 Å². The molecule has 3 amide bonds. The number of hydrogen-bond donors (Lipinski definition) is 3. The highest BCUT2D eigenvalue weighted by Crippen LogP contribution is 2.27. The van der Waals surface area contributed by atoms with Crippen LogP contribution in [0.15, 0.2) is 97.1 Å². The average Bonchev–Trinajstić information content (AvgIpc) is 2.81. The summed E-state index contributed by atoms with van der Waals surface area (Å²) in [7, 11) is 0. The van der Waals surface area contributed by atoms with E-state index >= 15 is 0 Å². The number of aryl methyl sites for hydroxylation is 1. The summed E-state index contributed by atoms with van der Waals surface area (Å²) >= 11 is 4.43. The van der Waals surface area contributed by atoms with Gasteiger partial charge in [-0.25, -0.2) is 4.79 Å². The van der Waals surface area contributed by atoms with E-state index in [0.717, 1.165) is 20.6 Å². The fourth-order valence-electron chi connectivity index (χ4n) is 3.52. The molecule has 1 unspecified atom stereocenters. The van der Waals surface area contributed by atoms with E-state index in [1.807, 2.05) is 91.9 Å². The normalized spacial score (nSPS) is 11.6. The number of fused-ring (bicyclic) bond motifs is 1. The number of amides is 3. The Morgan fingerprint density at radius 1 is 0.781 bits per heavy atom. The Balaban J connectivity index is 1.59. The molecule has 0 radical (unpaired) electrons. The van der Waals surface area contributed by atoms with Crippen LogP contribution in [0.3, 0.4) is 0 Å². The molecule has 2 N–H and O–H groups in total. The summed E-state index contributed by atoms with van der Waals surface area (Å²) in [6.07, 6.45) is 0. The highest BCUT2D eigenvalue weighted by molar-refractivity contribution is 7.78. The maximum Gasteiger partial charge on any atom is 0.332 e. The summed E-state index contributed by atoms with van der Waals surface area (Å²) in [6.45, 7) is 1.91. The zero-order valence-corrected chi connectivity index (χ0v) is 18.4. The van der Waals surface area contributed by atoms with Crippen molar-refractivity contribution >= 4 is 46.9 Å². The highest BCUT2D eigenvalue weighted by Gasteiger charge is 2.30. The number of thiol groups is 1. The fraction of sp³-hybridized carbons (Fsp3) is 0.0769. The molecular formula is C26H23N3O2S. The number of carbonyl (C=O) groups is 2. The summed E-state index contributed by atoms with van der Waals surface area (Å²) in [4.78, 5) is 26.3. The highest BCUT2D eigenvalue weighted by atomic mass is 32.1. The van der Waals surface area contributed by atoms with Crippen LogP contribution in [0.2, 0.25) is 0 Å². The van der Waals surface area contributed by atoms with Crippen LogP contribution in [0.1, 0.15) is 17.2 Å². The maximum atomic E-state index is 13.3. The van der Waals surface area contributed by atoms with Gasteiger partial charge in [-0.3, -0.25) is 9.10 Å². The number of rotatable bonds is 5. The summed E-state index contributed by atoms with van der Waals surface area (Å²) in [5.41, 5.74) is 2.90. The van der Waals surface area contributed by atoms with E-state index in [0.29, 0.717) is 16.9 Å². The van der Waals surface area contributed by atoms with E-state index < -0.39 is 12.1 Å². The van der Waals surface area contributed by atoms with Crippen molar-refractivity contribution in [2.45, 2.75) is 13.0 Å². The molecule has 0 aromatic heterocycles. The molecule has 6 heteroatoms. The zero-order valence-electron chi connectivity index (χ0n) is 17.5. The van der Waals surface area contributed by atoms with Gasteiger partial charge in [-0.15, -0.1) is 0 Å². The SMILES string of the molecule is Cc1ccccc1NC(=O)C(c1ccccc1)N(S)C(=O)Nc1ccc2ccccc2c1. The van der Waals surface area contributed by atoms with Crippen LogP contribution in [0.25, 0.3) is 10.8 Å².